The SMILES string of the molecule is COc1ccc(C(=O)NC(=Cc2cccnc2)C(=O)Nc2ccc(S(N)(=O)=O)cc2)cc1OC. The monoisotopic (exact) mass is 482 g/mol. The van der Waals surface area contributed by atoms with Gasteiger partial charge in [-0.15, -0.1) is 0 Å². The summed E-state index contributed by atoms with van der Waals surface area (Å²) in [4.78, 5) is 29.8. The first-order valence-corrected chi connectivity index (χ1v) is 11.3. The summed E-state index contributed by atoms with van der Waals surface area (Å²) in [5.41, 5.74) is 1.04. The molecule has 0 spiro atoms. The molecule has 0 aliphatic carbocycles. The van der Waals surface area contributed by atoms with Gasteiger partial charge in [0.25, 0.3) is 11.8 Å². The number of carbonyl (C=O) groups is 2. The predicted octanol–water partition coefficient (Wildman–Crippen LogP) is 2.16. The number of ether oxygens (including phenoxy) is 2. The van der Waals surface area contributed by atoms with Crippen LogP contribution in [-0.2, 0) is 14.8 Å². The van der Waals surface area contributed by atoms with Crippen LogP contribution in [0.25, 0.3) is 6.08 Å². The molecule has 1 heterocycles. The number of nitrogens with two attached hydrogens (primary N) is 1. The molecule has 0 radical (unpaired) electrons. The lowest BCUT2D eigenvalue weighted by atomic mass is 10.1. The molecule has 2 amide bonds. The molecule has 4 N–H and O–H groups in total. The molecule has 2 aromatic carbocycles. The van der Waals surface area contributed by atoms with Gasteiger partial charge >= 0.3 is 0 Å². The van der Waals surface area contributed by atoms with Crippen molar-refractivity contribution >= 4 is 33.6 Å². The predicted molar refractivity (Wildman–Crippen MR) is 126 cm³/mol. The number of benzene rings is 2. The number of methoxy groups -OCH3 is 2. The Kier molecular flexibility index (Phi) is 7.61. The van der Waals surface area contributed by atoms with Crippen LogP contribution in [0, 0.1) is 0 Å². The fourth-order valence-electron chi connectivity index (χ4n) is 2.88. The minimum absolute atomic E-state index is 0.0664. The fourth-order valence-corrected chi connectivity index (χ4v) is 3.40. The maximum absolute atomic E-state index is 13.0. The highest BCUT2D eigenvalue weighted by Crippen LogP contribution is 2.27. The van der Waals surface area contributed by atoms with Gasteiger partial charge in [0.05, 0.1) is 19.1 Å². The Morgan fingerprint density at radius 2 is 1.71 bits per heavy atom. The minimum Gasteiger partial charge on any atom is -0.493 e. The van der Waals surface area contributed by atoms with Crippen molar-refractivity contribution in [2.45, 2.75) is 4.90 Å². The number of aromatic nitrogens is 1. The first-order valence-electron chi connectivity index (χ1n) is 9.80. The summed E-state index contributed by atoms with van der Waals surface area (Å²) in [7, 11) is -0.945. The third-order valence-electron chi connectivity index (χ3n) is 4.57. The maximum Gasteiger partial charge on any atom is 0.272 e. The maximum atomic E-state index is 13.0. The lowest BCUT2D eigenvalue weighted by Gasteiger charge is -2.13. The van der Waals surface area contributed by atoms with Crippen molar-refractivity contribution in [1.82, 2.24) is 10.3 Å². The third kappa shape index (κ3) is 6.18. The number of hydrogen-bond acceptors (Lipinski definition) is 7. The molecule has 11 heteroatoms. The molecule has 0 saturated carbocycles. The van der Waals surface area contributed by atoms with Crippen LogP contribution in [0.5, 0.6) is 11.5 Å². The molecule has 10 nitrogen and oxygen atoms in total. The van der Waals surface area contributed by atoms with E-state index >= 15 is 0 Å². The molecule has 0 aliphatic heterocycles. The highest BCUT2D eigenvalue weighted by atomic mass is 32.2. The summed E-state index contributed by atoms with van der Waals surface area (Å²) in [6.45, 7) is 0. The number of sulfonamides is 1. The zero-order valence-electron chi connectivity index (χ0n) is 18.3. The Morgan fingerprint density at radius 1 is 1.00 bits per heavy atom. The van der Waals surface area contributed by atoms with E-state index in [-0.39, 0.29) is 16.2 Å². The van der Waals surface area contributed by atoms with Gasteiger partial charge in [0.1, 0.15) is 5.70 Å². The molecule has 0 bridgehead atoms. The molecule has 3 rings (SSSR count). The summed E-state index contributed by atoms with van der Waals surface area (Å²) in [6, 6.07) is 13.3. The van der Waals surface area contributed by atoms with Crippen molar-refractivity contribution in [1.29, 1.82) is 0 Å². The van der Waals surface area contributed by atoms with Crippen molar-refractivity contribution < 1.29 is 27.5 Å². The van der Waals surface area contributed by atoms with Crippen LogP contribution in [0.3, 0.4) is 0 Å². The fraction of sp³-hybridized carbons (Fsp3) is 0.0870. The number of nitrogens with one attached hydrogen (secondary N) is 2. The average Bonchev–Trinajstić information content (AvgIpc) is 2.83. The van der Waals surface area contributed by atoms with Crippen LogP contribution in [-0.4, -0.2) is 39.4 Å². The molecule has 0 saturated heterocycles. The topological polar surface area (TPSA) is 150 Å². The van der Waals surface area contributed by atoms with E-state index in [0.717, 1.165) is 0 Å². The average molecular weight is 483 g/mol. The minimum atomic E-state index is -3.87. The Balaban J connectivity index is 1.88. The van der Waals surface area contributed by atoms with Crippen molar-refractivity contribution in [3.05, 3.63) is 83.8 Å². The number of amides is 2. The van der Waals surface area contributed by atoms with Crippen molar-refractivity contribution in [3.63, 3.8) is 0 Å². The van der Waals surface area contributed by atoms with Crippen LogP contribution in [0.2, 0.25) is 0 Å². The molecular formula is C23H22N4O6S. The third-order valence-corrected chi connectivity index (χ3v) is 5.50. The van der Waals surface area contributed by atoms with Gasteiger partial charge in [-0.1, -0.05) is 6.07 Å². The van der Waals surface area contributed by atoms with Gasteiger partial charge < -0.3 is 20.1 Å². The van der Waals surface area contributed by atoms with E-state index in [2.05, 4.69) is 15.6 Å². The zero-order chi connectivity index (χ0) is 24.7. The number of rotatable bonds is 8. The standard InChI is InChI=1S/C23H22N4O6S/c1-32-20-10-5-16(13-21(20)33-2)22(28)27-19(12-15-4-3-11-25-14-15)23(29)26-17-6-8-18(9-7-17)34(24,30)31/h3-14H,1-2H3,(H,26,29)(H,27,28)(H2,24,30,31). The lowest BCUT2D eigenvalue weighted by molar-refractivity contribution is -0.113. The molecule has 0 fully saturated rings. The Labute approximate surface area is 196 Å². The van der Waals surface area contributed by atoms with Crippen LogP contribution < -0.4 is 25.2 Å². The van der Waals surface area contributed by atoms with Gasteiger partial charge in [-0.2, -0.15) is 0 Å². The van der Waals surface area contributed by atoms with Crippen LogP contribution >= 0.6 is 0 Å². The van der Waals surface area contributed by atoms with E-state index in [9.17, 15) is 18.0 Å². The highest BCUT2D eigenvalue weighted by Gasteiger charge is 2.17. The first-order chi connectivity index (χ1) is 16.2. The smallest absolute Gasteiger partial charge is 0.272 e. The number of hydrogen-bond donors (Lipinski definition) is 3. The summed E-state index contributed by atoms with van der Waals surface area (Å²) in [6.07, 6.45) is 4.56. The van der Waals surface area contributed by atoms with E-state index in [0.29, 0.717) is 22.7 Å². The zero-order valence-corrected chi connectivity index (χ0v) is 19.1. The van der Waals surface area contributed by atoms with Crippen molar-refractivity contribution in [2.24, 2.45) is 5.14 Å². The van der Waals surface area contributed by atoms with Gasteiger partial charge in [-0.3, -0.25) is 14.6 Å². The Bertz CT molecular complexity index is 1320. The lowest BCUT2D eigenvalue weighted by Crippen LogP contribution is -2.30. The van der Waals surface area contributed by atoms with E-state index < -0.39 is 21.8 Å². The number of primary sulfonamides is 1. The number of nitrogens with zero attached hydrogens (tertiary/aromatic N) is 1. The Hall–Kier alpha value is -4.22. The molecule has 176 valence electrons. The second kappa shape index (κ2) is 10.6. The Morgan fingerprint density at radius 3 is 2.29 bits per heavy atom. The molecule has 0 aliphatic rings. The molecule has 3 aromatic rings. The first kappa shape index (κ1) is 24.4. The number of anilines is 1. The highest BCUT2D eigenvalue weighted by molar-refractivity contribution is 7.89. The van der Waals surface area contributed by atoms with E-state index in [4.69, 9.17) is 14.6 Å². The van der Waals surface area contributed by atoms with Crippen molar-refractivity contribution in [2.75, 3.05) is 19.5 Å². The molecule has 1 aromatic heterocycles. The summed E-state index contributed by atoms with van der Waals surface area (Å²) < 4.78 is 33.3. The number of pyridine rings is 1. The number of carbonyl (C=O) groups excluding carboxylic acids is 2. The molecule has 0 atom stereocenters. The van der Waals surface area contributed by atoms with Crippen molar-refractivity contribution in [3.8, 4) is 11.5 Å². The van der Waals surface area contributed by atoms with Gasteiger partial charge in [-0.25, -0.2) is 13.6 Å². The van der Waals surface area contributed by atoms with E-state index in [1.165, 1.54) is 62.9 Å². The quantitative estimate of drug-likeness (QED) is 0.416. The molecule has 34 heavy (non-hydrogen) atoms. The van der Waals surface area contributed by atoms with Gasteiger partial charge in [0.15, 0.2) is 11.5 Å². The van der Waals surface area contributed by atoms with Gasteiger partial charge in [0.2, 0.25) is 10.0 Å². The second-order valence-electron chi connectivity index (χ2n) is 6.89. The second-order valence-corrected chi connectivity index (χ2v) is 8.45. The summed E-state index contributed by atoms with van der Waals surface area (Å²) >= 11 is 0. The van der Waals surface area contributed by atoms with Gasteiger partial charge in [-0.05, 0) is 60.2 Å². The largest absolute Gasteiger partial charge is 0.493 e. The van der Waals surface area contributed by atoms with Crippen LogP contribution in [0.4, 0.5) is 5.69 Å². The van der Waals surface area contributed by atoms with Crippen LogP contribution in [0.1, 0.15) is 15.9 Å². The van der Waals surface area contributed by atoms with Gasteiger partial charge in [0, 0.05) is 23.6 Å². The molecule has 0 unspecified atom stereocenters. The van der Waals surface area contributed by atoms with Crippen LogP contribution in [0.15, 0.2) is 77.6 Å². The van der Waals surface area contributed by atoms with E-state index in [1.54, 1.807) is 24.4 Å². The van der Waals surface area contributed by atoms with E-state index in [1.807, 2.05) is 0 Å². The summed E-state index contributed by atoms with van der Waals surface area (Å²) in [5, 5.41) is 10.3. The molecular weight excluding hydrogens is 460 g/mol. The summed E-state index contributed by atoms with van der Waals surface area (Å²) in [5.74, 6) is -0.393. The normalized spacial score (nSPS) is 11.4.